The third-order valence-corrected chi connectivity index (χ3v) is 4.66. The number of hydrogen-bond acceptors (Lipinski definition) is 7. The molecule has 0 saturated heterocycles. The Morgan fingerprint density at radius 2 is 1.90 bits per heavy atom. The van der Waals surface area contributed by atoms with Gasteiger partial charge in [0, 0.05) is 16.8 Å². The number of carbonyl (C=O) groups is 1. The van der Waals surface area contributed by atoms with Gasteiger partial charge >= 0.3 is 0 Å². The predicted octanol–water partition coefficient (Wildman–Crippen LogP) is 4.24. The molecular formula is C22H22N6O2. The van der Waals surface area contributed by atoms with Crippen molar-refractivity contribution in [1.29, 1.82) is 0 Å². The van der Waals surface area contributed by atoms with E-state index in [1.165, 1.54) is 6.39 Å². The number of nitrogen functional groups attached to an aromatic ring is 1. The Balaban J connectivity index is 1.55. The van der Waals surface area contributed by atoms with Gasteiger partial charge in [-0.3, -0.25) is 4.79 Å². The minimum absolute atomic E-state index is 0.00515. The van der Waals surface area contributed by atoms with E-state index >= 15 is 0 Å². The number of nitrogens with zero attached hydrogens (tertiary/aromatic N) is 4. The van der Waals surface area contributed by atoms with Gasteiger partial charge < -0.3 is 15.5 Å². The van der Waals surface area contributed by atoms with E-state index in [9.17, 15) is 4.79 Å². The highest BCUT2D eigenvalue weighted by Gasteiger charge is 2.18. The fourth-order valence-corrected chi connectivity index (χ4v) is 3.00. The number of hydrogen-bond donors (Lipinski definition) is 2. The maximum absolute atomic E-state index is 12.8. The van der Waals surface area contributed by atoms with E-state index in [1.807, 2.05) is 36.4 Å². The van der Waals surface area contributed by atoms with Crippen molar-refractivity contribution in [2.75, 3.05) is 11.1 Å². The molecular weight excluding hydrogens is 380 g/mol. The molecule has 2 aromatic carbocycles. The molecule has 30 heavy (non-hydrogen) atoms. The van der Waals surface area contributed by atoms with E-state index < -0.39 is 0 Å². The lowest BCUT2D eigenvalue weighted by molar-refractivity contribution is 0.0948. The van der Waals surface area contributed by atoms with Gasteiger partial charge in [-0.2, -0.15) is 9.67 Å². The Morgan fingerprint density at radius 3 is 2.57 bits per heavy atom. The molecule has 0 fully saturated rings. The summed E-state index contributed by atoms with van der Waals surface area (Å²) in [4.78, 5) is 20.9. The highest BCUT2D eigenvalue weighted by molar-refractivity contribution is 5.96. The largest absolute Gasteiger partial charge is 0.444 e. The summed E-state index contributed by atoms with van der Waals surface area (Å²) < 4.78 is 6.41. The van der Waals surface area contributed by atoms with Crippen LogP contribution in [0.25, 0.3) is 11.3 Å². The van der Waals surface area contributed by atoms with E-state index in [0.29, 0.717) is 11.3 Å². The first kappa shape index (κ1) is 19.4. The van der Waals surface area contributed by atoms with Crippen LogP contribution in [-0.2, 0) is 5.41 Å². The van der Waals surface area contributed by atoms with Gasteiger partial charge in [0.25, 0.3) is 5.91 Å². The van der Waals surface area contributed by atoms with Gasteiger partial charge in [0.05, 0.1) is 6.20 Å². The van der Waals surface area contributed by atoms with Crippen molar-refractivity contribution in [3.63, 3.8) is 0 Å². The summed E-state index contributed by atoms with van der Waals surface area (Å²) in [7, 11) is 0. The number of oxazole rings is 1. The topological polar surface area (TPSA) is 112 Å². The number of benzene rings is 2. The molecule has 0 amide bonds. The Kier molecular flexibility index (Phi) is 4.83. The molecule has 0 aliphatic carbocycles. The minimum Gasteiger partial charge on any atom is -0.444 e. The predicted molar refractivity (Wildman–Crippen MR) is 115 cm³/mol. The Morgan fingerprint density at radius 1 is 1.13 bits per heavy atom. The van der Waals surface area contributed by atoms with Crippen molar-refractivity contribution < 1.29 is 9.21 Å². The van der Waals surface area contributed by atoms with Crippen molar-refractivity contribution in [2.24, 2.45) is 0 Å². The number of aromatic nitrogens is 4. The first-order chi connectivity index (χ1) is 14.3. The highest BCUT2D eigenvalue weighted by atomic mass is 16.3. The zero-order chi connectivity index (χ0) is 21.3. The van der Waals surface area contributed by atoms with Gasteiger partial charge in [-0.05, 0) is 35.2 Å². The van der Waals surface area contributed by atoms with Crippen LogP contribution in [0.2, 0.25) is 0 Å². The average Bonchev–Trinajstić information content (AvgIpc) is 3.37. The van der Waals surface area contributed by atoms with Crippen molar-refractivity contribution in [2.45, 2.75) is 26.2 Å². The zero-order valence-electron chi connectivity index (χ0n) is 17.0. The van der Waals surface area contributed by atoms with Gasteiger partial charge in [0.1, 0.15) is 0 Å². The first-order valence-electron chi connectivity index (χ1n) is 9.45. The molecule has 0 saturated carbocycles. The van der Waals surface area contributed by atoms with E-state index in [1.54, 1.807) is 18.3 Å². The molecule has 0 bridgehead atoms. The third kappa shape index (κ3) is 3.93. The fraction of sp³-hybridized carbons (Fsp3) is 0.182. The maximum Gasteiger partial charge on any atom is 0.281 e. The number of nitrogens with one attached hydrogen (secondary N) is 1. The van der Waals surface area contributed by atoms with Crippen LogP contribution in [0.1, 0.15) is 36.7 Å². The summed E-state index contributed by atoms with van der Waals surface area (Å²) in [5.41, 5.74) is 9.15. The number of carbonyl (C=O) groups excluding carboxylic acids is 1. The van der Waals surface area contributed by atoms with E-state index in [4.69, 9.17) is 10.2 Å². The minimum atomic E-state index is -0.344. The summed E-state index contributed by atoms with van der Waals surface area (Å²) in [5.74, 6) is 0.533. The molecule has 8 nitrogen and oxygen atoms in total. The van der Waals surface area contributed by atoms with Crippen LogP contribution in [-0.4, -0.2) is 25.7 Å². The van der Waals surface area contributed by atoms with E-state index in [0.717, 1.165) is 21.5 Å². The molecule has 0 aliphatic heterocycles. The van der Waals surface area contributed by atoms with Crippen LogP contribution in [0, 0.1) is 0 Å². The molecule has 0 atom stereocenters. The molecule has 0 radical (unpaired) electrons. The maximum atomic E-state index is 12.8. The Labute approximate surface area is 173 Å². The second-order valence-corrected chi connectivity index (χ2v) is 7.91. The Bertz CT molecular complexity index is 1170. The molecule has 4 rings (SSSR count). The highest BCUT2D eigenvalue weighted by Crippen LogP contribution is 2.25. The second kappa shape index (κ2) is 7.47. The molecule has 2 aromatic heterocycles. The molecule has 0 spiro atoms. The van der Waals surface area contributed by atoms with Crippen LogP contribution in [0.5, 0.6) is 0 Å². The Hall–Kier alpha value is -3.94. The lowest BCUT2D eigenvalue weighted by Crippen LogP contribution is -2.17. The van der Waals surface area contributed by atoms with Crippen LogP contribution >= 0.6 is 0 Å². The standard InChI is InChI=1S/C22H22N6O2/c1-22(2,3)16-9-7-14(8-10-16)19(29)28-20(23)26-21(27-28)25-17-6-4-5-15(11-17)18-12-24-13-30-18/h4-13H,1-3H3,(H3,23,25,26,27). The zero-order valence-corrected chi connectivity index (χ0v) is 17.0. The van der Waals surface area contributed by atoms with Crippen molar-refractivity contribution in [1.82, 2.24) is 19.7 Å². The van der Waals surface area contributed by atoms with Gasteiger partial charge in [-0.1, -0.05) is 45.0 Å². The van der Waals surface area contributed by atoms with E-state index in [-0.39, 0.29) is 23.2 Å². The molecule has 0 aliphatic rings. The second-order valence-electron chi connectivity index (χ2n) is 7.91. The normalized spacial score (nSPS) is 11.4. The number of anilines is 3. The number of nitrogens with two attached hydrogens (primary N) is 1. The third-order valence-electron chi connectivity index (χ3n) is 4.66. The molecule has 0 unspecified atom stereocenters. The van der Waals surface area contributed by atoms with Gasteiger partial charge in [0.2, 0.25) is 11.9 Å². The molecule has 8 heteroatoms. The van der Waals surface area contributed by atoms with Crippen LogP contribution in [0.4, 0.5) is 17.6 Å². The fourth-order valence-electron chi connectivity index (χ4n) is 3.00. The molecule has 4 aromatic rings. The summed E-state index contributed by atoms with van der Waals surface area (Å²) in [6.07, 6.45) is 3.01. The lowest BCUT2D eigenvalue weighted by atomic mass is 9.87. The molecule has 152 valence electrons. The summed E-state index contributed by atoms with van der Waals surface area (Å²) in [6.45, 7) is 6.36. The molecule has 3 N–H and O–H groups in total. The van der Waals surface area contributed by atoms with Gasteiger partial charge in [0.15, 0.2) is 12.2 Å². The van der Waals surface area contributed by atoms with E-state index in [2.05, 4.69) is 41.2 Å². The van der Waals surface area contributed by atoms with Crippen LogP contribution < -0.4 is 11.1 Å². The van der Waals surface area contributed by atoms with Crippen molar-refractivity contribution in [3.8, 4) is 11.3 Å². The monoisotopic (exact) mass is 402 g/mol. The summed E-state index contributed by atoms with van der Waals surface area (Å²) in [6, 6.07) is 14.9. The smallest absolute Gasteiger partial charge is 0.281 e. The van der Waals surface area contributed by atoms with Crippen LogP contribution in [0.3, 0.4) is 0 Å². The van der Waals surface area contributed by atoms with Crippen molar-refractivity contribution in [3.05, 3.63) is 72.2 Å². The summed E-state index contributed by atoms with van der Waals surface area (Å²) >= 11 is 0. The summed E-state index contributed by atoms with van der Waals surface area (Å²) in [5, 5.41) is 7.29. The first-order valence-corrected chi connectivity index (χ1v) is 9.45. The quantitative estimate of drug-likeness (QED) is 0.525. The van der Waals surface area contributed by atoms with Crippen molar-refractivity contribution >= 4 is 23.5 Å². The van der Waals surface area contributed by atoms with Gasteiger partial charge in [-0.25, -0.2) is 4.98 Å². The number of rotatable bonds is 4. The molecule has 2 heterocycles. The van der Waals surface area contributed by atoms with Crippen LogP contribution in [0.15, 0.2) is 65.5 Å². The average molecular weight is 402 g/mol. The SMILES string of the molecule is CC(C)(C)c1ccc(C(=O)n2nc(Nc3cccc(-c4cnco4)c3)nc2N)cc1. The lowest BCUT2D eigenvalue weighted by Gasteiger charge is -2.18. The van der Waals surface area contributed by atoms with Gasteiger partial charge in [-0.15, -0.1) is 5.10 Å².